The standard InChI is InChI=1S/C21H13ClO/c22-20-17-12-6-4-10-15(17)19(16-11-5-7-13-18(16)20)21(23)14-8-2-1-3-9-14/h1-13H. The summed E-state index contributed by atoms with van der Waals surface area (Å²) in [7, 11) is 0. The molecule has 0 unspecified atom stereocenters. The third-order valence-corrected chi connectivity index (χ3v) is 4.54. The molecule has 1 nitrogen and oxygen atoms in total. The fraction of sp³-hybridized carbons (Fsp3) is 0. The molecule has 2 heteroatoms. The molecule has 0 aromatic heterocycles. The summed E-state index contributed by atoms with van der Waals surface area (Å²) in [6.45, 7) is 0. The summed E-state index contributed by atoms with van der Waals surface area (Å²) in [4.78, 5) is 13.1. The third-order valence-electron chi connectivity index (χ3n) is 4.13. The van der Waals surface area contributed by atoms with Crippen molar-refractivity contribution in [2.45, 2.75) is 0 Å². The molecule has 0 aliphatic heterocycles. The molecule has 0 atom stereocenters. The molecular weight excluding hydrogens is 304 g/mol. The predicted octanol–water partition coefficient (Wildman–Crippen LogP) is 5.88. The van der Waals surface area contributed by atoms with Crippen LogP contribution in [0.1, 0.15) is 15.9 Å². The van der Waals surface area contributed by atoms with Gasteiger partial charge in [-0.2, -0.15) is 0 Å². The first-order chi connectivity index (χ1) is 11.3. The summed E-state index contributed by atoms with van der Waals surface area (Å²) >= 11 is 6.59. The van der Waals surface area contributed by atoms with E-state index < -0.39 is 0 Å². The quantitative estimate of drug-likeness (QED) is 0.333. The molecule has 0 saturated carbocycles. The van der Waals surface area contributed by atoms with Crippen molar-refractivity contribution in [2.75, 3.05) is 0 Å². The summed E-state index contributed by atoms with van der Waals surface area (Å²) in [6, 6.07) is 25.0. The van der Waals surface area contributed by atoms with Crippen LogP contribution in [0.15, 0.2) is 78.9 Å². The molecule has 0 fully saturated rings. The Hall–Kier alpha value is -2.64. The van der Waals surface area contributed by atoms with Gasteiger partial charge in [0.05, 0.1) is 5.02 Å². The summed E-state index contributed by atoms with van der Waals surface area (Å²) in [5.41, 5.74) is 1.40. The molecule has 4 aromatic rings. The zero-order valence-corrected chi connectivity index (χ0v) is 13.0. The molecule has 4 aromatic carbocycles. The lowest BCUT2D eigenvalue weighted by atomic mass is 9.91. The average Bonchev–Trinajstić information content (AvgIpc) is 2.63. The SMILES string of the molecule is O=C(c1ccccc1)c1c2ccccc2c(Cl)c2ccccc12. The Labute approximate surface area is 139 Å². The molecule has 23 heavy (non-hydrogen) atoms. The van der Waals surface area contributed by atoms with Crippen molar-refractivity contribution in [2.24, 2.45) is 0 Å². The maximum atomic E-state index is 13.1. The van der Waals surface area contributed by atoms with Crippen molar-refractivity contribution >= 4 is 38.9 Å². The topological polar surface area (TPSA) is 17.1 Å². The van der Waals surface area contributed by atoms with E-state index in [-0.39, 0.29) is 5.78 Å². The van der Waals surface area contributed by atoms with Crippen molar-refractivity contribution in [3.63, 3.8) is 0 Å². The molecule has 0 N–H and O–H groups in total. The largest absolute Gasteiger partial charge is 0.289 e. The Morgan fingerprint density at radius 3 is 1.57 bits per heavy atom. The Balaban J connectivity index is 2.15. The highest BCUT2D eigenvalue weighted by Crippen LogP contribution is 2.36. The van der Waals surface area contributed by atoms with Gasteiger partial charge >= 0.3 is 0 Å². The van der Waals surface area contributed by atoms with Crippen LogP contribution in [0, 0.1) is 0 Å². The number of fused-ring (bicyclic) bond motifs is 2. The second kappa shape index (κ2) is 5.53. The predicted molar refractivity (Wildman–Crippen MR) is 96.3 cm³/mol. The monoisotopic (exact) mass is 316 g/mol. The van der Waals surface area contributed by atoms with Gasteiger partial charge in [0.25, 0.3) is 0 Å². The van der Waals surface area contributed by atoms with Crippen molar-refractivity contribution in [1.82, 2.24) is 0 Å². The molecule has 0 aliphatic rings. The van der Waals surface area contributed by atoms with E-state index in [0.717, 1.165) is 21.5 Å². The van der Waals surface area contributed by atoms with E-state index in [1.54, 1.807) is 0 Å². The van der Waals surface area contributed by atoms with Crippen molar-refractivity contribution in [1.29, 1.82) is 0 Å². The van der Waals surface area contributed by atoms with Crippen LogP contribution in [0.3, 0.4) is 0 Å². The molecule has 0 radical (unpaired) electrons. The second-order valence-electron chi connectivity index (χ2n) is 5.48. The van der Waals surface area contributed by atoms with Gasteiger partial charge in [-0.15, -0.1) is 0 Å². The Kier molecular flexibility index (Phi) is 3.36. The number of benzene rings is 4. The Bertz CT molecular complexity index is 979. The lowest BCUT2D eigenvalue weighted by Gasteiger charge is -2.13. The Morgan fingerprint density at radius 2 is 1.04 bits per heavy atom. The van der Waals surface area contributed by atoms with Gasteiger partial charge in [-0.1, -0.05) is 90.5 Å². The highest BCUT2D eigenvalue weighted by atomic mass is 35.5. The minimum absolute atomic E-state index is 0.0228. The molecule has 0 amide bonds. The number of hydrogen-bond donors (Lipinski definition) is 0. The molecule has 0 heterocycles. The molecule has 110 valence electrons. The number of hydrogen-bond acceptors (Lipinski definition) is 1. The van der Waals surface area contributed by atoms with Gasteiger partial charge in [-0.3, -0.25) is 4.79 Å². The molecular formula is C21H13ClO. The maximum absolute atomic E-state index is 13.1. The van der Waals surface area contributed by atoms with E-state index in [0.29, 0.717) is 16.1 Å². The van der Waals surface area contributed by atoms with Crippen LogP contribution >= 0.6 is 11.6 Å². The number of halogens is 1. The van der Waals surface area contributed by atoms with E-state index >= 15 is 0 Å². The number of carbonyl (C=O) groups is 1. The smallest absolute Gasteiger partial charge is 0.194 e. The van der Waals surface area contributed by atoms with Gasteiger partial charge in [0.2, 0.25) is 0 Å². The fourth-order valence-corrected chi connectivity index (χ4v) is 3.38. The summed E-state index contributed by atoms with van der Waals surface area (Å²) in [5.74, 6) is 0.0228. The van der Waals surface area contributed by atoms with Crippen LogP contribution in [0.4, 0.5) is 0 Å². The highest BCUT2D eigenvalue weighted by Gasteiger charge is 2.18. The van der Waals surface area contributed by atoms with Crippen LogP contribution in [-0.2, 0) is 0 Å². The van der Waals surface area contributed by atoms with E-state index in [1.807, 2.05) is 78.9 Å². The van der Waals surface area contributed by atoms with Gasteiger partial charge in [0, 0.05) is 21.9 Å². The third kappa shape index (κ3) is 2.21. The Morgan fingerprint density at radius 1 is 0.609 bits per heavy atom. The summed E-state index contributed by atoms with van der Waals surface area (Å²) in [5, 5.41) is 4.30. The molecule has 0 aliphatic carbocycles. The average molecular weight is 317 g/mol. The molecule has 4 rings (SSSR count). The summed E-state index contributed by atoms with van der Waals surface area (Å²) < 4.78 is 0. The van der Waals surface area contributed by atoms with Crippen LogP contribution in [-0.4, -0.2) is 5.78 Å². The fourth-order valence-electron chi connectivity index (χ4n) is 3.05. The van der Waals surface area contributed by atoms with E-state index in [2.05, 4.69) is 0 Å². The van der Waals surface area contributed by atoms with E-state index in [4.69, 9.17) is 11.6 Å². The zero-order valence-electron chi connectivity index (χ0n) is 12.3. The van der Waals surface area contributed by atoms with E-state index in [9.17, 15) is 4.79 Å². The molecule has 0 saturated heterocycles. The lowest BCUT2D eigenvalue weighted by Crippen LogP contribution is -2.03. The van der Waals surface area contributed by atoms with E-state index in [1.165, 1.54) is 0 Å². The lowest BCUT2D eigenvalue weighted by molar-refractivity contribution is 0.104. The second-order valence-corrected chi connectivity index (χ2v) is 5.85. The van der Waals surface area contributed by atoms with Crippen LogP contribution in [0.2, 0.25) is 5.02 Å². The first kappa shape index (κ1) is 14.0. The normalized spacial score (nSPS) is 11.0. The van der Waals surface area contributed by atoms with Crippen LogP contribution in [0.5, 0.6) is 0 Å². The first-order valence-electron chi connectivity index (χ1n) is 7.46. The van der Waals surface area contributed by atoms with Crippen molar-refractivity contribution < 1.29 is 4.79 Å². The van der Waals surface area contributed by atoms with Crippen LogP contribution in [0.25, 0.3) is 21.5 Å². The maximum Gasteiger partial charge on any atom is 0.194 e. The number of ketones is 1. The van der Waals surface area contributed by atoms with Gasteiger partial charge < -0.3 is 0 Å². The summed E-state index contributed by atoms with van der Waals surface area (Å²) in [6.07, 6.45) is 0. The highest BCUT2D eigenvalue weighted by molar-refractivity contribution is 6.43. The van der Waals surface area contributed by atoms with Crippen LogP contribution < -0.4 is 0 Å². The minimum Gasteiger partial charge on any atom is -0.289 e. The number of carbonyl (C=O) groups excluding carboxylic acids is 1. The molecule has 0 spiro atoms. The minimum atomic E-state index is 0.0228. The van der Waals surface area contributed by atoms with Gasteiger partial charge in [-0.25, -0.2) is 0 Å². The van der Waals surface area contributed by atoms with Gasteiger partial charge in [0.1, 0.15) is 0 Å². The van der Waals surface area contributed by atoms with Gasteiger partial charge in [0.15, 0.2) is 5.78 Å². The van der Waals surface area contributed by atoms with Gasteiger partial charge in [-0.05, 0) is 10.8 Å². The first-order valence-corrected chi connectivity index (χ1v) is 7.84. The zero-order chi connectivity index (χ0) is 15.8. The number of rotatable bonds is 2. The van der Waals surface area contributed by atoms with Crippen molar-refractivity contribution in [3.8, 4) is 0 Å². The van der Waals surface area contributed by atoms with Crippen molar-refractivity contribution in [3.05, 3.63) is 95.0 Å². The molecule has 0 bridgehead atoms.